The molecule has 7 nitrogen and oxygen atoms in total. The average Bonchev–Trinajstić information content (AvgIpc) is 3.10. The maximum Gasteiger partial charge on any atom is 0.264 e. The molecule has 4 aromatic rings. The fraction of sp³-hybridized carbons (Fsp3) is 0.100. The Morgan fingerprint density at radius 2 is 1.93 bits per heavy atom. The fourth-order valence-electron chi connectivity index (χ4n) is 2.89. The summed E-state index contributed by atoms with van der Waals surface area (Å²) in [6.45, 7) is 1.87. The van der Waals surface area contributed by atoms with Gasteiger partial charge in [0.25, 0.3) is 5.56 Å². The van der Waals surface area contributed by atoms with E-state index in [0.29, 0.717) is 16.7 Å². The van der Waals surface area contributed by atoms with Gasteiger partial charge in [-0.2, -0.15) is 5.10 Å². The highest BCUT2D eigenvalue weighted by Gasteiger charge is 2.13. The number of amides is 1. The SMILES string of the molecule is Cc1cccc(-n2ncc3c(=O)n(CC(=O)Nc4ccccc4)cnc32)c1. The molecule has 0 spiro atoms. The van der Waals surface area contributed by atoms with Gasteiger partial charge in [0.2, 0.25) is 5.91 Å². The van der Waals surface area contributed by atoms with E-state index in [9.17, 15) is 9.59 Å². The van der Waals surface area contributed by atoms with Crippen molar-refractivity contribution in [2.75, 3.05) is 5.32 Å². The van der Waals surface area contributed by atoms with Crippen LogP contribution < -0.4 is 10.9 Å². The molecule has 0 fully saturated rings. The molecule has 0 aliphatic rings. The first kappa shape index (κ1) is 16.7. The third kappa shape index (κ3) is 3.35. The van der Waals surface area contributed by atoms with Crippen molar-refractivity contribution >= 4 is 22.6 Å². The van der Waals surface area contributed by atoms with Crippen molar-refractivity contribution in [1.29, 1.82) is 0 Å². The lowest BCUT2D eigenvalue weighted by Crippen LogP contribution is -2.27. The third-order valence-corrected chi connectivity index (χ3v) is 4.17. The van der Waals surface area contributed by atoms with Gasteiger partial charge in [0.15, 0.2) is 5.65 Å². The summed E-state index contributed by atoms with van der Waals surface area (Å²) in [5, 5.41) is 7.42. The van der Waals surface area contributed by atoms with Crippen LogP contribution in [0.2, 0.25) is 0 Å². The highest BCUT2D eigenvalue weighted by atomic mass is 16.2. The first-order valence-corrected chi connectivity index (χ1v) is 8.47. The highest BCUT2D eigenvalue weighted by Crippen LogP contribution is 2.14. The number of aromatic nitrogens is 4. The number of carbonyl (C=O) groups excluding carboxylic acids is 1. The van der Waals surface area contributed by atoms with Gasteiger partial charge in [0.05, 0.1) is 11.9 Å². The Balaban J connectivity index is 1.63. The second kappa shape index (κ2) is 6.87. The topological polar surface area (TPSA) is 81.8 Å². The van der Waals surface area contributed by atoms with Gasteiger partial charge in [-0.25, -0.2) is 9.67 Å². The number of para-hydroxylation sites is 1. The molecule has 0 radical (unpaired) electrons. The summed E-state index contributed by atoms with van der Waals surface area (Å²) in [5.74, 6) is -0.296. The summed E-state index contributed by atoms with van der Waals surface area (Å²) in [7, 11) is 0. The molecule has 0 bridgehead atoms. The Bertz CT molecular complexity index is 1180. The predicted octanol–water partition coefficient (Wildman–Crippen LogP) is 2.53. The second-order valence-electron chi connectivity index (χ2n) is 6.22. The highest BCUT2D eigenvalue weighted by molar-refractivity contribution is 5.90. The number of hydrogen-bond donors (Lipinski definition) is 1. The second-order valence-corrected chi connectivity index (χ2v) is 6.22. The smallest absolute Gasteiger partial charge is 0.264 e. The number of hydrogen-bond acceptors (Lipinski definition) is 4. The molecule has 2 aromatic heterocycles. The quantitative estimate of drug-likeness (QED) is 0.607. The molecule has 7 heteroatoms. The standard InChI is InChI=1S/C20H17N5O2/c1-14-6-5-9-16(10-14)25-19-17(11-22-25)20(27)24(13-21-19)12-18(26)23-15-7-3-2-4-8-15/h2-11,13H,12H2,1H3,(H,23,26). The molecule has 0 saturated heterocycles. The van der Waals surface area contributed by atoms with Crippen LogP contribution in [-0.2, 0) is 11.3 Å². The molecular weight excluding hydrogens is 342 g/mol. The normalized spacial score (nSPS) is 10.9. The molecule has 0 aliphatic carbocycles. The van der Waals surface area contributed by atoms with Gasteiger partial charge in [-0.1, -0.05) is 30.3 Å². The number of rotatable bonds is 4. The van der Waals surface area contributed by atoms with E-state index in [1.807, 2.05) is 49.4 Å². The number of aryl methyl sites for hydroxylation is 1. The lowest BCUT2D eigenvalue weighted by Gasteiger charge is -2.08. The lowest BCUT2D eigenvalue weighted by molar-refractivity contribution is -0.116. The monoisotopic (exact) mass is 359 g/mol. The Morgan fingerprint density at radius 3 is 2.70 bits per heavy atom. The van der Waals surface area contributed by atoms with Crippen LogP contribution in [0.3, 0.4) is 0 Å². The van der Waals surface area contributed by atoms with E-state index in [4.69, 9.17) is 0 Å². The first-order valence-electron chi connectivity index (χ1n) is 8.47. The zero-order valence-electron chi connectivity index (χ0n) is 14.7. The van der Waals surface area contributed by atoms with Crippen LogP contribution in [0.25, 0.3) is 16.7 Å². The maximum atomic E-state index is 12.7. The summed E-state index contributed by atoms with van der Waals surface area (Å²) in [6.07, 6.45) is 2.86. The van der Waals surface area contributed by atoms with Gasteiger partial charge in [-0.3, -0.25) is 14.2 Å². The van der Waals surface area contributed by atoms with Crippen molar-refractivity contribution in [3.05, 3.63) is 83.0 Å². The van der Waals surface area contributed by atoms with E-state index < -0.39 is 0 Å². The Hall–Kier alpha value is -3.74. The molecule has 1 amide bonds. The molecule has 0 aliphatic heterocycles. The van der Waals surface area contributed by atoms with Crippen molar-refractivity contribution in [3.63, 3.8) is 0 Å². The molecule has 1 N–H and O–H groups in total. The van der Waals surface area contributed by atoms with Gasteiger partial charge < -0.3 is 5.32 Å². The molecule has 27 heavy (non-hydrogen) atoms. The van der Waals surface area contributed by atoms with E-state index in [0.717, 1.165) is 11.3 Å². The van der Waals surface area contributed by atoms with Gasteiger partial charge in [0, 0.05) is 5.69 Å². The minimum absolute atomic E-state index is 0.119. The zero-order chi connectivity index (χ0) is 18.8. The van der Waals surface area contributed by atoms with Gasteiger partial charge in [-0.05, 0) is 36.8 Å². The van der Waals surface area contributed by atoms with Crippen LogP contribution in [0.4, 0.5) is 5.69 Å². The minimum Gasteiger partial charge on any atom is -0.325 e. The molecule has 0 saturated carbocycles. The van der Waals surface area contributed by atoms with Crippen molar-refractivity contribution in [2.24, 2.45) is 0 Å². The maximum absolute atomic E-state index is 12.7. The van der Waals surface area contributed by atoms with Gasteiger partial charge in [0.1, 0.15) is 18.3 Å². The van der Waals surface area contributed by atoms with Crippen molar-refractivity contribution in [2.45, 2.75) is 13.5 Å². The van der Waals surface area contributed by atoms with Crippen molar-refractivity contribution in [1.82, 2.24) is 19.3 Å². The zero-order valence-corrected chi connectivity index (χ0v) is 14.7. The summed E-state index contributed by atoms with van der Waals surface area (Å²) in [6, 6.07) is 16.9. The van der Waals surface area contributed by atoms with Crippen LogP contribution in [0.5, 0.6) is 0 Å². The average molecular weight is 359 g/mol. The third-order valence-electron chi connectivity index (χ3n) is 4.17. The molecule has 0 atom stereocenters. The number of benzene rings is 2. The Morgan fingerprint density at radius 1 is 1.11 bits per heavy atom. The predicted molar refractivity (Wildman–Crippen MR) is 103 cm³/mol. The summed E-state index contributed by atoms with van der Waals surface area (Å²) >= 11 is 0. The number of fused-ring (bicyclic) bond motifs is 1. The van der Waals surface area contributed by atoms with E-state index in [-0.39, 0.29) is 18.0 Å². The molecule has 134 valence electrons. The fourth-order valence-corrected chi connectivity index (χ4v) is 2.89. The molecular formula is C20H17N5O2. The minimum atomic E-state index is -0.304. The van der Waals surface area contributed by atoms with E-state index in [1.54, 1.807) is 16.8 Å². The number of nitrogens with one attached hydrogen (secondary N) is 1. The van der Waals surface area contributed by atoms with Crippen LogP contribution >= 0.6 is 0 Å². The van der Waals surface area contributed by atoms with E-state index in [2.05, 4.69) is 15.4 Å². The van der Waals surface area contributed by atoms with Crippen LogP contribution in [0, 0.1) is 6.92 Å². The van der Waals surface area contributed by atoms with Crippen LogP contribution in [-0.4, -0.2) is 25.2 Å². The van der Waals surface area contributed by atoms with Gasteiger partial charge >= 0.3 is 0 Å². The molecule has 2 heterocycles. The summed E-state index contributed by atoms with van der Waals surface area (Å²) in [5.41, 5.74) is 2.75. The van der Waals surface area contributed by atoms with Gasteiger partial charge in [-0.15, -0.1) is 0 Å². The van der Waals surface area contributed by atoms with Crippen molar-refractivity contribution < 1.29 is 4.79 Å². The van der Waals surface area contributed by atoms with E-state index >= 15 is 0 Å². The lowest BCUT2D eigenvalue weighted by atomic mass is 10.2. The summed E-state index contributed by atoms with van der Waals surface area (Å²) < 4.78 is 2.90. The first-order chi connectivity index (χ1) is 13.1. The largest absolute Gasteiger partial charge is 0.325 e. The number of anilines is 1. The Labute approximate surface area is 154 Å². The van der Waals surface area contributed by atoms with Crippen molar-refractivity contribution in [3.8, 4) is 5.69 Å². The van der Waals surface area contributed by atoms with Crippen LogP contribution in [0.15, 0.2) is 71.9 Å². The molecule has 0 unspecified atom stereocenters. The number of carbonyl (C=O) groups is 1. The van der Waals surface area contributed by atoms with E-state index in [1.165, 1.54) is 17.1 Å². The Kier molecular flexibility index (Phi) is 4.25. The molecule has 4 rings (SSSR count). The number of nitrogens with zero attached hydrogens (tertiary/aromatic N) is 4. The van der Waals surface area contributed by atoms with Crippen LogP contribution in [0.1, 0.15) is 5.56 Å². The molecule has 2 aromatic carbocycles. The summed E-state index contributed by atoms with van der Waals surface area (Å²) in [4.78, 5) is 29.3.